The number of anilines is 2. The van der Waals surface area contributed by atoms with Crippen molar-refractivity contribution in [1.82, 2.24) is 14.9 Å². The van der Waals surface area contributed by atoms with Crippen molar-refractivity contribution in [2.45, 2.75) is 39.7 Å². The highest BCUT2D eigenvalue weighted by atomic mass is 16.6. The zero-order chi connectivity index (χ0) is 20.8. The van der Waals surface area contributed by atoms with E-state index < -0.39 is 0 Å². The number of carbonyl (C=O) groups is 2. The first kappa shape index (κ1) is 20.6. The first-order chi connectivity index (χ1) is 14.0. The molecule has 2 N–H and O–H groups in total. The Morgan fingerprint density at radius 2 is 1.93 bits per heavy atom. The van der Waals surface area contributed by atoms with Crippen molar-refractivity contribution < 1.29 is 14.3 Å². The molecule has 1 aliphatic heterocycles. The molecule has 8 nitrogen and oxygen atoms in total. The largest absolute Gasteiger partial charge is 0.450 e. The summed E-state index contributed by atoms with van der Waals surface area (Å²) in [6.45, 7) is 7.40. The van der Waals surface area contributed by atoms with Crippen LogP contribution in [0.15, 0.2) is 30.6 Å². The highest BCUT2D eigenvalue weighted by molar-refractivity contribution is 6.03. The summed E-state index contributed by atoms with van der Waals surface area (Å²) in [4.78, 5) is 34.4. The van der Waals surface area contributed by atoms with Crippen LogP contribution in [0.3, 0.4) is 0 Å². The van der Waals surface area contributed by atoms with Crippen molar-refractivity contribution in [3.8, 4) is 0 Å². The predicted molar refractivity (Wildman–Crippen MR) is 111 cm³/mol. The number of hydrogen-bond acceptors (Lipinski definition) is 6. The van der Waals surface area contributed by atoms with Crippen LogP contribution in [0.5, 0.6) is 0 Å². The van der Waals surface area contributed by atoms with E-state index in [1.165, 1.54) is 6.33 Å². The quantitative estimate of drug-likeness (QED) is 0.803. The van der Waals surface area contributed by atoms with E-state index in [4.69, 9.17) is 4.74 Å². The van der Waals surface area contributed by atoms with E-state index in [2.05, 4.69) is 20.6 Å². The molecule has 29 heavy (non-hydrogen) atoms. The summed E-state index contributed by atoms with van der Waals surface area (Å²) in [6, 6.07) is 7.69. The molecule has 0 bridgehead atoms. The topological polar surface area (TPSA) is 96.5 Å². The van der Waals surface area contributed by atoms with Gasteiger partial charge >= 0.3 is 6.09 Å². The Labute approximate surface area is 170 Å². The molecule has 0 spiro atoms. The lowest BCUT2D eigenvalue weighted by atomic mass is 10.1. The molecule has 3 rings (SSSR count). The monoisotopic (exact) mass is 397 g/mol. The van der Waals surface area contributed by atoms with Gasteiger partial charge in [-0.1, -0.05) is 17.7 Å². The van der Waals surface area contributed by atoms with Gasteiger partial charge in [-0.3, -0.25) is 4.79 Å². The minimum absolute atomic E-state index is 0.172. The molecule has 0 aliphatic carbocycles. The maximum atomic E-state index is 12.6. The Bertz CT molecular complexity index is 878. The number of aromatic nitrogens is 2. The molecule has 2 amide bonds. The molecular formula is C21H27N5O3. The van der Waals surface area contributed by atoms with Crippen LogP contribution in [0.25, 0.3) is 0 Å². The summed E-state index contributed by atoms with van der Waals surface area (Å²) in [6.07, 6.45) is 2.69. The summed E-state index contributed by atoms with van der Waals surface area (Å²) >= 11 is 0. The molecule has 1 aromatic heterocycles. The zero-order valence-electron chi connectivity index (χ0n) is 17.1. The molecule has 8 heteroatoms. The van der Waals surface area contributed by atoms with Gasteiger partial charge in [-0.05, 0) is 45.2 Å². The van der Waals surface area contributed by atoms with Gasteiger partial charge in [0.2, 0.25) is 0 Å². The molecule has 1 fully saturated rings. The molecule has 0 atom stereocenters. The zero-order valence-corrected chi connectivity index (χ0v) is 17.1. The third-order valence-corrected chi connectivity index (χ3v) is 4.90. The van der Waals surface area contributed by atoms with Gasteiger partial charge in [0.05, 0.1) is 6.61 Å². The summed E-state index contributed by atoms with van der Waals surface area (Å²) in [5, 5.41) is 6.24. The van der Waals surface area contributed by atoms with Gasteiger partial charge in [-0.15, -0.1) is 0 Å². The highest BCUT2D eigenvalue weighted by Crippen LogP contribution is 2.19. The normalized spacial score (nSPS) is 14.4. The number of rotatable bonds is 5. The summed E-state index contributed by atoms with van der Waals surface area (Å²) in [7, 11) is 0. The fraction of sp³-hybridized carbons (Fsp3) is 0.429. The molecule has 1 saturated heterocycles. The standard InChI is InChI=1S/C21H27N5O3/c1-4-29-21(28)26-9-7-16(8-10-26)24-19-12-18(22-13-23-19)20(27)25-17-6-5-14(2)11-15(17)3/h5-6,11-13,16H,4,7-10H2,1-3H3,(H,25,27)(H,22,23,24). The van der Waals surface area contributed by atoms with Crippen molar-refractivity contribution in [3.05, 3.63) is 47.4 Å². The van der Waals surface area contributed by atoms with E-state index in [0.717, 1.165) is 29.7 Å². The summed E-state index contributed by atoms with van der Waals surface area (Å²) in [5.74, 6) is 0.319. The van der Waals surface area contributed by atoms with Gasteiger partial charge in [0.1, 0.15) is 17.8 Å². The fourth-order valence-corrected chi connectivity index (χ4v) is 3.33. The summed E-state index contributed by atoms with van der Waals surface area (Å²) in [5.41, 5.74) is 3.20. The van der Waals surface area contributed by atoms with Crippen molar-refractivity contribution >= 4 is 23.5 Å². The van der Waals surface area contributed by atoms with E-state index in [1.807, 2.05) is 32.0 Å². The van der Waals surface area contributed by atoms with Crippen LogP contribution < -0.4 is 10.6 Å². The van der Waals surface area contributed by atoms with E-state index in [1.54, 1.807) is 17.9 Å². The van der Waals surface area contributed by atoms with Crippen LogP contribution in [-0.4, -0.2) is 52.6 Å². The van der Waals surface area contributed by atoms with Crippen LogP contribution in [0.2, 0.25) is 0 Å². The second kappa shape index (κ2) is 9.36. The highest BCUT2D eigenvalue weighted by Gasteiger charge is 2.24. The van der Waals surface area contributed by atoms with Crippen LogP contribution in [-0.2, 0) is 4.74 Å². The number of carbonyl (C=O) groups excluding carboxylic acids is 2. The number of amides is 2. The number of hydrogen-bond donors (Lipinski definition) is 2. The van der Waals surface area contributed by atoms with Gasteiger partial charge in [0.25, 0.3) is 5.91 Å². The predicted octanol–water partition coefficient (Wildman–Crippen LogP) is 3.38. The molecule has 2 heterocycles. The minimum atomic E-state index is -0.278. The minimum Gasteiger partial charge on any atom is -0.450 e. The number of benzene rings is 1. The number of likely N-dealkylation sites (tertiary alicyclic amines) is 1. The smallest absolute Gasteiger partial charge is 0.409 e. The van der Waals surface area contributed by atoms with E-state index in [9.17, 15) is 9.59 Å². The van der Waals surface area contributed by atoms with Gasteiger partial charge in [-0.2, -0.15) is 0 Å². The average Bonchev–Trinajstić information content (AvgIpc) is 2.71. The molecule has 0 saturated carbocycles. The number of aryl methyl sites for hydroxylation is 2. The van der Waals surface area contributed by atoms with Gasteiger partial charge in [0, 0.05) is 30.9 Å². The number of nitrogens with one attached hydrogen (secondary N) is 2. The molecule has 2 aromatic rings. The van der Waals surface area contributed by atoms with Crippen LogP contribution >= 0.6 is 0 Å². The van der Waals surface area contributed by atoms with E-state index >= 15 is 0 Å². The number of ether oxygens (including phenoxy) is 1. The SMILES string of the molecule is CCOC(=O)N1CCC(Nc2cc(C(=O)Nc3ccc(C)cc3C)ncn2)CC1. The van der Waals surface area contributed by atoms with Gasteiger partial charge in [0.15, 0.2) is 0 Å². The Kier molecular flexibility index (Phi) is 6.64. The molecular weight excluding hydrogens is 370 g/mol. The first-order valence-electron chi connectivity index (χ1n) is 9.85. The van der Waals surface area contributed by atoms with Gasteiger partial charge < -0.3 is 20.3 Å². The number of nitrogens with zero attached hydrogens (tertiary/aromatic N) is 3. The molecule has 1 aliphatic rings. The van der Waals surface area contributed by atoms with E-state index in [0.29, 0.717) is 31.2 Å². The van der Waals surface area contributed by atoms with E-state index in [-0.39, 0.29) is 18.0 Å². The second-order valence-electron chi connectivity index (χ2n) is 7.17. The van der Waals surface area contributed by atoms with Crippen molar-refractivity contribution in [3.63, 3.8) is 0 Å². The van der Waals surface area contributed by atoms with Crippen LogP contribution in [0.4, 0.5) is 16.3 Å². The van der Waals surface area contributed by atoms with Crippen molar-refractivity contribution in [2.75, 3.05) is 30.3 Å². The molecule has 1 aromatic carbocycles. The second-order valence-corrected chi connectivity index (χ2v) is 7.17. The first-order valence-corrected chi connectivity index (χ1v) is 9.85. The lowest BCUT2D eigenvalue weighted by Crippen LogP contribution is -2.42. The third kappa shape index (κ3) is 5.43. The Balaban J connectivity index is 1.58. The maximum Gasteiger partial charge on any atom is 0.409 e. The van der Waals surface area contributed by atoms with Crippen LogP contribution in [0, 0.1) is 13.8 Å². The third-order valence-electron chi connectivity index (χ3n) is 4.90. The Hall–Kier alpha value is -3.16. The molecule has 154 valence electrons. The van der Waals surface area contributed by atoms with Crippen molar-refractivity contribution in [2.24, 2.45) is 0 Å². The summed E-state index contributed by atoms with van der Waals surface area (Å²) < 4.78 is 5.04. The average molecular weight is 397 g/mol. The Morgan fingerprint density at radius 1 is 1.17 bits per heavy atom. The number of piperidine rings is 1. The fourth-order valence-electron chi connectivity index (χ4n) is 3.33. The van der Waals surface area contributed by atoms with Crippen molar-refractivity contribution in [1.29, 1.82) is 0 Å². The molecule has 0 unspecified atom stereocenters. The Morgan fingerprint density at radius 3 is 2.62 bits per heavy atom. The van der Waals surface area contributed by atoms with Gasteiger partial charge in [-0.25, -0.2) is 14.8 Å². The van der Waals surface area contributed by atoms with Crippen LogP contribution in [0.1, 0.15) is 41.4 Å². The lowest BCUT2D eigenvalue weighted by Gasteiger charge is -2.31. The lowest BCUT2D eigenvalue weighted by molar-refractivity contribution is 0.0980. The maximum absolute atomic E-state index is 12.6. The molecule has 0 radical (unpaired) electrons.